The number of hydrogen-bond donors (Lipinski definition) is 2. The smallest absolute Gasteiger partial charge is 0.201 e. The number of rotatable bonds is 5. The molecular weight excluding hydrogens is 403 g/mol. The lowest BCUT2D eigenvalue weighted by Gasteiger charge is -2.32. The largest absolute Gasteiger partial charge is 0.494 e. The van der Waals surface area contributed by atoms with Gasteiger partial charge < -0.3 is 15.0 Å². The molecule has 0 bridgehead atoms. The van der Waals surface area contributed by atoms with Crippen molar-refractivity contribution in [2.45, 2.75) is 17.7 Å². The van der Waals surface area contributed by atoms with Gasteiger partial charge in [0.2, 0.25) is 5.88 Å². The molecule has 1 unspecified atom stereocenters. The van der Waals surface area contributed by atoms with E-state index in [-0.39, 0.29) is 11.1 Å². The maximum absolute atomic E-state index is 14.4. The van der Waals surface area contributed by atoms with Gasteiger partial charge in [0.1, 0.15) is 28.9 Å². The minimum Gasteiger partial charge on any atom is -0.494 e. The molecule has 7 nitrogen and oxygen atoms in total. The van der Waals surface area contributed by atoms with Crippen LogP contribution in [-0.2, 0) is 6.54 Å². The minimum absolute atomic E-state index is 0.111. The van der Waals surface area contributed by atoms with Crippen LogP contribution in [0.4, 0.5) is 4.39 Å². The number of hydrogen-bond acceptors (Lipinski definition) is 7. The van der Waals surface area contributed by atoms with E-state index in [1.165, 1.54) is 24.2 Å². The monoisotopic (exact) mass is 420 g/mol. The number of halogens is 1. The van der Waals surface area contributed by atoms with E-state index in [1.807, 2.05) is 30.3 Å². The molecule has 4 aromatic rings. The first kappa shape index (κ1) is 18.6. The quantitative estimate of drug-likeness (QED) is 0.381. The average Bonchev–Trinajstić information content (AvgIpc) is 3.25. The number of thioether (sulfide) groups is 1. The first-order chi connectivity index (χ1) is 14.7. The number of aliphatic hydroxyl groups is 1. The molecular formula is C21H17FN6OS. The Morgan fingerprint density at radius 3 is 2.80 bits per heavy atom. The lowest BCUT2D eigenvalue weighted by atomic mass is 10.1. The van der Waals surface area contributed by atoms with Crippen molar-refractivity contribution in [2.75, 3.05) is 5.75 Å². The SMILES string of the molecule is OC1=c2c(F)cccc2=NC(CSc2ncnc3[nH]cnc23)N1Cc1ccccc1. The molecule has 0 spiro atoms. The van der Waals surface area contributed by atoms with Crippen molar-refractivity contribution in [3.8, 4) is 0 Å². The van der Waals surface area contributed by atoms with Crippen molar-refractivity contribution in [3.05, 3.63) is 83.1 Å². The Labute approximate surface area is 175 Å². The van der Waals surface area contributed by atoms with Crippen molar-refractivity contribution in [2.24, 2.45) is 4.99 Å². The second kappa shape index (κ2) is 7.75. The van der Waals surface area contributed by atoms with Crippen molar-refractivity contribution in [1.82, 2.24) is 24.8 Å². The van der Waals surface area contributed by atoms with Gasteiger partial charge in [-0.15, -0.1) is 0 Å². The molecule has 0 fully saturated rings. The second-order valence-corrected chi connectivity index (χ2v) is 7.78. The highest BCUT2D eigenvalue weighted by Crippen LogP contribution is 2.26. The molecule has 9 heteroatoms. The third kappa shape index (κ3) is 3.37. The summed E-state index contributed by atoms with van der Waals surface area (Å²) in [5.41, 5.74) is 2.34. The number of nitrogens with one attached hydrogen (secondary N) is 1. The van der Waals surface area contributed by atoms with Crippen LogP contribution < -0.4 is 10.6 Å². The molecule has 2 N–H and O–H groups in total. The molecule has 1 aliphatic heterocycles. The van der Waals surface area contributed by atoms with Crippen LogP contribution in [0, 0.1) is 5.82 Å². The van der Waals surface area contributed by atoms with Crippen LogP contribution >= 0.6 is 11.8 Å². The fraction of sp³-hybridized carbons (Fsp3) is 0.143. The van der Waals surface area contributed by atoms with Crippen LogP contribution in [0.15, 0.2) is 71.2 Å². The first-order valence-corrected chi connectivity index (χ1v) is 10.3. The Hall–Kier alpha value is -3.46. The molecule has 0 saturated carbocycles. The van der Waals surface area contributed by atoms with Gasteiger partial charge in [0.25, 0.3) is 0 Å². The van der Waals surface area contributed by atoms with Gasteiger partial charge >= 0.3 is 0 Å². The number of benzene rings is 2. The Morgan fingerprint density at radius 1 is 1.07 bits per heavy atom. The van der Waals surface area contributed by atoms with E-state index in [1.54, 1.807) is 23.4 Å². The number of fused-ring (bicyclic) bond motifs is 2. The highest BCUT2D eigenvalue weighted by Gasteiger charge is 2.26. The van der Waals surface area contributed by atoms with E-state index in [9.17, 15) is 9.50 Å². The van der Waals surface area contributed by atoms with Gasteiger partial charge in [-0.25, -0.2) is 19.3 Å². The second-order valence-electron chi connectivity index (χ2n) is 6.77. The first-order valence-electron chi connectivity index (χ1n) is 9.34. The predicted molar refractivity (Wildman–Crippen MR) is 111 cm³/mol. The van der Waals surface area contributed by atoms with Crippen LogP contribution in [0.5, 0.6) is 0 Å². The summed E-state index contributed by atoms with van der Waals surface area (Å²) >= 11 is 1.47. The number of aliphatic hydroxyl groups excluding tert-OH is 1. The van der Waals surface area contributed by atoms with Crippen molar-refractivity contribution in [1.29, 1.82) is 0 Å². The molecule has 0 saturated heterocycles. The number of aromatic amines is 1. The summed E-state index contributed by atoms with van der Waals surface area (Å²) in [6.07, 6.45) is 2.65. The van der Waals surface area contributed by atoms with E-state index in [0.29, 0.717) is 28.8 Å². The molecule has 2 aromatic heterocycles. The predicted octanol–water partition coefficient (Wildman–Crippen LogP) is 2.37. The number of aromatic nitrogens is 4. The molecule has 0 amide bonds. The van der Waals surface area contributed by atoms with E-state index >= 15 is 0 Å². The summed E-state index contributed by atoms with van der Waals surface area (Å²) in [5.74, 6) is -0.113. The zero-order valence-corrected chi connectivity index (χ0v) is 16.6. The molecule has 150 valence electrons. The molecule has 1 aliphatic rings. The van der Waals surface area contributed by atoms with Crippen LogP contribution in [-0.4, -0.2) is 41.9 Å². The standard InChI is InChI=1S/C21H17FN6OS/c22-14-7-4-8-15-17(14)21(29)28(9-13-5-2-1-3-6-13)16(27-15)10-30-20-18-19(24-11-23-18)25-12-26-20/h1-8,11-12,16,29H,9-10H2,(H,23,24,25,26). The maximum atomic E-state index is 14.4. The minimum atomic E-state index is -0.494. The lowest BCUT2D eigenvalue weighted by molar-refractivity contribution is 0.220. The fourth-order valence-electron chi connectivity index (χ4n) is 3.45. The molecule has 1 atom stereocenters. The number of H-pyrrole nitrogens is 1. The summed E-state index contributed by atoms with van der Waals surface area (Å²) in [7, 11) is 0. The van der Waals surface area contributed by atoms with E-state index < -0.39 is 12.0 Å². The van der Waals surface area contributed by atoms with Crippen molar-refractivity contribution in [3.63, 3.8) is 0 Å². The average molecular weight is 420 g/mol. The highest BCUT2D eigenvalue weighted by molar-refractivity contribution is 7.99. The Kier molecular flexibility index (Phi) is 4.80. The zero-order valence-electron chi connectivity index (χ0n) is 15.7. The molecule has 30 heavy (non-hydrogen) atoms. The summed E-state index contributed by atoms with van der Waals surface area (Å²) in [6.45, 7) is 0.400. The fourth-order valence-corrected chi connectivity index (χ4v) is 4.42. The van der Waals surface area contributed by atoms with Gasteiger partial charge in [-0.3, -0.25) is 4.99 Å². The van der Waals surface area contributed by atoms with E-state index in [2.05, 4.69) is 19.9 Å². The van der Waals surface area contributed by atoms with Crippen LogP contribution in [0.25, 0.3) is 17.0 Å². The van der Waals surface area contributed by atoms with Gasteiger partial charge in [-0.2, -0.15) is 0 Å². The number of nitrogens with zero attached hydrogens (tertiary/aromatic N) is 5. The van der Waals surface area contributed by atoms with Gasteiger partial charge in [0, 0.05) is 12.3 Å². The summed E-state index contributed by atoms with van der Waals surface area (Å²) < 4.78 is 14.4. The summed E-state index contributed by atoms with van der Waals surface area (Å²) in [6, 6.07) is 14.4. The van der Waals surface area contributed by atoms with Gasteiger partial charge in [0.15, 0.2) is 5.65 Å². The van der Waals surface area contributed by atoms with Gasteiger partial charge in [-0.05, 0) is 17.7 Å². The van der Waals surface area contributed by atoms with E-state index in [0.717, 1.165) is 10.6 Å². The number of imidazole rings is 1. The molecule has 0 aliphatic carbocycles. The molecule has 3 heterocycles. The Morgan fingerprint density at radius 2 is 1.93 bits per heavy atom. The Balaban J connectivity index is 1.51. The van der Waals surface area contributed by atoms with Crippen molar-refractivity contribution < 1.29 is 9.50 Å². The van der Waals surface area contributed by atoms with E-state index in [4.69, 9.17) is 4.99 Å². The molecule has 0 radical (unpaired) electrons. The van der Waals surface area contributed by atoms with Gasteiger partial charge in [0.05, 0.1) is 16.9 Å². The highest BCUT2D eigenvalue weighted by atomic mass is 32.2. The van der Waals surface area contributed by atoms with Gasteiger partial charge in [-0.1, -0.05) is 48.2 Å². The Bertz CT molecular complexity index is 1330. The lowest BCUT2D eigenvalue weighted by Crippen LogP contribution is -2.47. The van der Waals surface area contributed by atoms with Crippen molar-refractivity contribution >= 4 is 28.8 Å². The maximum Gasteiger partial charge on any atom is 0.201 e. The third-order valence-corrected chi connectivity index (χ3v) is 5.92. The zero-order chi connectivity index (χ0) is 20.5. The summed E-state index contributed by atoms with van der Waals surface area (Å²) in [5, 5.41) is 12.3. The molecule has 2 aromatic carbocycles. The third-order valence-electron chi connectivity index (χ3n) is 4.88. The molecule has 5 rings (SSSR count). The normalized spacial score (nSPS) is 15.8. The van der Waals surface area contributed by atoms with Crippen LogP contribution in [0.2, 0.25) is 0 Å². The topological polar surface area (TPSA) is 90.3 Å². The summed E-state index contributed by atoms with van der Waals surface area (Å²) in [4.78, 5) is 22.2. The van der Waals surface area contributed by atoms with Crippen LogP contribution in [0.3, 0.4) is 0 Å². The van der Waals surface area contributed by atoms with Crippen LogP contribution in [0.1, 0.15) is 5.56 Å².